The molecular formula is C19H25F3N2OS. The van der Waals surface area contributed by atoms with Crippen molar-refractivity contribution in [3.8, 4) is 0 Å². The highest BCUT2D eigenvalue weighted by Crippen LogP contribution is 2.40. The third-order valence-corrected chi connectivity index (χ3v) is 5.11. The molecule has 2 atom stereocenters. The number of thioether (sulfide) groups is 1. The molecule has 2 rings (SSSR count). The van der Waals surface area contributed by atoms with E-state index in [9.17, 15) is 18.0 Å². The second kappa shape index (κ2) is 7.55. The van der Waals surface area contributed by atoms with E-state index in [4.69, 9.17) is 0 Å². The number of carbonyl (C=O) groups excluding carboxylic acids is 1. The van der Waals surface area contributed by atoms with E-state index in [1.807, 2.05) is 12.1 Å². The van der Waals surface area contributed by atoms with Gasteiger partial charge in [-0.2, -0.15) is 13.2 Å². The number of hydrogen-bond donors (Lipinski definition) is 2. The van der Waals surface area contributed by atoms with Crippen molar-refractivity contribution in [3.05, 3.63) is 40.4 Å². The zero-order chi connectivity index (χ0) is 19.7. The number of amides is 1. The zero-order valence-electron chi connectivity index (χ0n) is 15.6. The first-order valence-corrected chi connectivity index (χ1v) is 9.41. The summed E-state index contributed by atoms with van der Waals surface area (Å²) in [5.74, 6) is -0.564. The number of rotatable bonds is 4. The molecule has 1 aromatic rings. The topological polar surface area (TPSA) is 41.1 Å². The van der Waals surface area contributed by atoms with Gasteiger partial charge in [0.1, 0.15) is 10.6 Å². The van der Waals surface area contributed by atoms with Gasteiger partial charge in [0.05, 0.1) is 5.37 Å². The van der Waals surface area contributed by atoms with Crippen molar-refractivity contribution in [3.63, 3.8) is 0 Å². The largest absolute Gasteiger partial charge is 0.432 e. The minimum Gasteiger partial charge on any atom is -0.368 e. The zero-order valence-corrected chi connectivity index (χ0v) is 16.4. The smallest absolute Gasteiger partial charge is 0.368 e. The Kier molecular flexibility index (Phi) is 6.00. The van der Waals surface area contributed by atoms with Crippen molar-refractivity contribution in [2.45, 2.75) is 58.5 Å². The van der Waals surface area contributed by atoms with Gasteiger partial charge in [0.2, 0.25) is 0 Å². The molecule has 3 nitrogen and oxygen atoms in total. The van der Waals surface area contributed by atoms with Crippen LogP contribution in [-0.2, 0) is 4.79 Å². The molecule has 1 aliphatic rings. The predicted molar refractivity (Wildman–Crippen MR) is 101 cm³/mol. The van der Waals surface area contributed by atoms with Gasteiger partial charge < -0.3 is 10.6 Å². The molecule has 0 aliphatic carbocycles. The van der Waals surface area contributed by atoms with Crippen LogP contribution in [0.2, 0.25) is 0 Å². The van der Waals surface area contributed by atoms with Crippen LogP contribution < -0.4 is 10.6 Å². The molecule has 7 heteroatoms. The maximum absolute atomic E-state index is 13.2. The van der Waals surface area contributed by atoms with Crippen LogP contribution in [0.1, 0.15) is 52.5 Å². The maximum Gasteiger partial charge on any atom is 0.432 e. The third-order valence-electron chi connectivity index (χ3n) is 4.02. The predicted octanol–water partition coefficient (Wildman–Crippen LogP) is 5.62. The molecule has 26 heavy (non-hydrogen) atoms. The fourth-order valence-electron chi connectivity index (χ4n) is 3.16. The summed E-state index contributed by atoms with van der Waals surface area (Å²) in [5.41, 5.74) is 0.619. The first kappa shape index (κ1) is 20.7. The molecule has 144 valence electrons. The van der Waals surface area contributed by atoms with Crippen molar-refractivity contribution < 1.29 is 18.0 Å². The number of para-hydroxylation sites is 1. The van der Waals surface area contributed by atoms with Gasteiger partial charge in [-0.1, -0.05) is 57.7 Å². The highest BCUT2D eigenvalue weighted by atomic mass is 32.2. The van der Waals surface area contributed by atoms with Gasteiger partial charge in [0.15, 0.2) is 0 Å². The second-order valence-electron chi connectivity index (χ2n) is 7.81. The molecular weight excluding hydrogens is 361 g/mol. The Hall–Kier alpha value is -1.63. The molecule has 0 saturated carbocycles. The summed E-state index contributed by atoms with van der Waals surface area (Å²) in [6.45, 7) is 10.1. The fraction of sp³-hybridized carbons (Fsp3) is 0.526. The summed E-state index contributed by atoms with van der Waals surface area (Å²) >= 11 is 0.889. The van der Waals surface area contributed by atoms with E-state index in [0.29, 0.717) is 5.69 Å². The first-order chi connectivity index (χ1) is 11.9. The highest BCUT2D eigenvalue weighted by molar-refractivity contribution is 8.04. The lowest BCUT2D eigenvalue weighted by Crippen LogP contribution is -2.28. The third kappa shape index (κ3) is 5.19. The van der Waals surface area contributed by atoms with Crippen LogP contribution in [0.3, 0.4) is 0 Å². The molecule has 1 amide bonds. The summed E-state index contributed by atoms with van der Waals surface area (Å²) in [5, 5.41) is 4.52. The van der Waals surface area contributed by atoms with E-state index in [1.165, 1.54) is 0 Å². The van der Waals surface area contributed by atoms with Crippen molar-refractivity contribution in [2.24, 2.45) is 5.41 Å². The average Bonchev–Trinajstić information content (AvgIpc) is 2.88. The molecule has 2 unspecified atom stereocenters. The minimum atomic E-state index is -4.58. The quantitative estimate of drug-likeness (QED) is 0.705. The van der Waals surface area contributed by atoms with Crippen LogP contribution in [0, 0.1) is 5.41 Å². The molecule has 0 spiro atoms. The standard InChI is InChI=1S/C19H25F3N2OS/c1-11(10-18(3,4)5)13-8-6-7-9-14(13)24-17(25)15-16(19(20,21)22)23-12(2)26-15/h6-9,11-12,23H,10H2,1-5H3,(H,24,25). The number of benzene rings is 1. The number of allylic oxidation sites excluding steroid dienone is 1. The molecule has 0 saturated heterocycles. The summed E-state index contributed by atoms with van der Waals surface area (Å²) < 4.78 is 39.5. The minimum absolute atomic E-state index is 0.100. The van der Waals surface area contributed by atoms with Gasteiger partial charge in [-0.3, -0.25) is 4.79 Å². The SMILES string of the molecule is CC1NC(C(F)(F)F)=C(C(=O)Nc2ccccc2C(C)CC(C)(C)C)S1. The van der Waals surface area contributed by atoms with E-state index in [1.54, 1.807) is 19.1 Å². The maximum atomic E-state index is 13.2. The number of carbonyl (C=O) groups is 1. The molecule has 0 bridgehead atoms. The normalized spacial score (nSPS) is 19.3. The molecule has 0 fully saturated rings. The van der Waals surface area contributed by atoms with E-state index in [-0.39, 0.29) is 16.2 Å². The van der Waals surface area contributed by atoms with Crippen LogP contribution >= 0.6 is 11.8 Å². The van der Waals surface area contributed by atoms with Crippen LogP contribution in [-0.4, -0.2) is 17.5 Å². The Morgan fingerprint density at radius 1 is 1.27 bits per heavy atom. The monoisotopic (exact) mass is 386 g/mol. The number of anilines is 1. The number of hydrogen-bond acceptors (Lipinski definition) is 3. The Morgan fingerprint density at radius 3 is 2.46 bits per heavy atom. The highest BCUT2D eigenvalue weighted by Gasteiger charge is 2.43. The van der Waals surface area contributed by atoms with Gasteiger partial charge in [-0.05, 0) is 36.3 Å². The number of alkyl halides is 3. The number of halogens is 3. The molecule has 1 heterocycles. The van der Waals surface area contributed by atoms with Gasteiger partial charge in [-0.15, -0.1) is 0 Å². The molecule has 2 N–H and O–H groups in total. The van der Waals surface area contributed by atoms with Gasteiger partial charge in [0.25, 0.3) is 5.91 Å². The summed E-state index contributed by atoms with van der Waals surface area (Å²) in [7, 11) is 0. The molecule has 0 radical (unpaired) electrons. The Bertz CT molecular complexity index is 707. The lowest BCUT2D eigenvalue weighted by atomic mass is 9.82. The van der Waals surface area contributed by atoms with E-state index in [2.05, 4.69) is 38.3 Å². The van der Waals surface area contributed by atoms with Crippen LogP contribution in [0.5, 0.6) is 0 Å². The van der Waals surface area contributed by atoms with Gasteiger partial charge >= 0.3 is 6.18 Å². The van der Waals surface area contributed by atoms with E-state index in [0.717, 1.165) is 23.7 Å². The summed E-state index contributed by atoms with van der Waals surface area (Å²) in [4.78, 5) is 12.2. The van der Waals surface area contributed by atoms with Crippen LogP contribution in [0.15, 0.2) is 34.9 Å². The van der Waals surface area contributed by atoms with E-state index < -0.39 is 23.2 Å². The van der Waals surface area contributed by atoms with Crippen molar-refractivity contribution in [2.75, 3.05) is 5.32 Å². The molecule has 1 aliphatic heterocycles. The second-order valence-corrected chi connectivity index (χ2v) is 9.16. The van der Waals surface area contributed by atoms with Crippen LogP contribution in [0.25, 0.3) is 0 Å². The summed E-state index contributed by atoms with van der Waals surface area (Å²) in [6, 6.07) is 7.29. The Balaban J connectivity index is 2.27. The molecule has 1 aromatic carbocycles. The number of nitrogens with one attached hydrogen (secondary N) is 2. The van der Waals surface area contributed by atoms with Gasteiger partial charge in [0, 0.05) is 5.69 Å². The summed E-state index contributed by atoms with van der Waals surface area (Å²) in [6.07, 6.45) is -3.69. The Morgan fingerprint density at radius 2 is 1.88 bits per heavy atom. The van der Waals surface area contributed by atoms with E-state index >= 15 is 0 Å². The van der Waals surface area contributed by atoms with Crippen molar-refractivity contribution in [1.29, 1.82) is 0 Å². The van der Waals surface area contributed by atoms with Crippen molar-refractivity contribution in [1.82, 2.24) is 5.32 Å². The molecule has 0 aromatic heterocycles. The fourth-order valence-corrected chi connectivity index (χ4v) is 4.14. The van der Waals surface area contributed by atoms with Gasteiger partial charge in [-0.25, -0.2) is 0 Å². The van der Waals surface area contributed by atoms with Crippen molar-refractivity contribution >= 4 is 23.4 Å². The first-order valence-electron chi connectivity index (χ1n) is 8.53. The lowest BCUT2D eigenvalue weighted by Gasteiger charge is -2.25. The van der Waals surface area contributed by atoms with Crippen LogP contribution in [0.4, 0.5) is 18.9 Å². The Labute approximate surface area is 156 Å². The average molecular weight is 386 g/mol. The lowest BCUT2D eigenvalue weighted by molar-refractivity contribution is -0.114.